The number of rotatable bonds is 5. The van der Waals surface area contributed by atoms with Crippen LogP contribution in [0.3, 0.4) is 0 Å². The van der Waals surface area contributed by atoms with Gasteiger partial charge < -0.3 is 15.1 Å². The van der Waals surface area contributed by atoms with Crippen LogP contribution in [0.4, 0.5) is 5.82 Å². The maximum absolute atomic E-state index is 13.0. The molecule has 0 unspecified atom stereocenters. The number of amides is 2. The van der Waals surface area contributed by atoms with Crippen LogP contribution >= 0.6 is 0 Å². The van der Waals surface area contributed by atoms with Gasteiger partial charge in [-0.1, -0.05) is 30.3 Å². The molecule has 3 rings (SSSR count). The van der Waals surface area contributed by atoms with Crippen molar-refractivity contribution in [3.63, 3.8) is 0 Å². The molecule has 1 aromatic carbocycles. The number of aromatic nitrogens is 1. The van der Waals surface area contributed by atoms with Gasteiger partial charge in [-0.3, -0.25) is 9.59 Å². The number of hydrogen-bond donors (Lipinski definition) is 1. The summed E-state index contributed by atoms with van der Waals surface area (Å²) in [4.78, 5) is 33.5. The van der Waals surface area contributed by atoms with E-state index in [2.05, 4.69) is 10.3 Å². The van der Waals surface area contributed by atoms with Gasteiger partial charge in [-0.2, -0.15) is 0 Å². The number of anilines is 1. The van der Waals surface area contributed by atoms with E-state index in [4.69, 9.17) is 0 Å². The molecule has 0 saturated carbocycles. The monoisotopic (exact) mass is 352 g/mol. The largest absolute Gasteiger partial charge is 0.362 e. The van der Waals surface area contributed by atoms with Crippen LogP contribution in [0.5, 0.6) is 0 Å². The van der Waals surface area contributed by atoms with Gasteiger partial charge in [0.15, 0.2) is 0 Å². The summed E-state index contributed by atoms with van der Waals surface area (Å²) in [6.07, 6.45) is 3.18. The van der Waals surface area contributed by atoms with Crippen molar-refractivity contribution in [3.8, 4) is 0 Å². The molecule has 1 aromatic heterocycles. The first-order valence-electron chi connectivity index (χ1n) is 8.83. The van der Waals surface area contributed by atoms with E-state index in [9.17, 15) is 9.59 Å². The first-order chi connectivity index (χ1) is 12.6. The summed E-state index contributed by atoms with van der Waals surface area (Å²) in [5.41, 5.74) is 1.57. The number of likely N-dealkylation sites (tertiary alicyclic amines) is 1. The van der Waals surface area contributed by atoms with Crippen LogP contribution in [-0.4, -0.2) is 48.4 Å². The molecule has 1 N–H and O–H groups in total. The van der Waals surface area contributed by atoms with Gasteiger partial charge in [0.1, 0.15) is 11.9 Å². The lowest BCUT2D eigenvalue weighted by Gasteiger charge is -2.25. The van der Waals surface area contributed by atoms with Gasteiger partial charge in [-0.25, -0.2) is 4.98 Å². The van der Waals surface area contributed by atoms with Crippen LogP contribution in [0.2, 0.25) is 0 Å². The number of carbonyl (C=O) groups excluding carboxylic acids is 2. The lowest BCUT2D eigenvalue weighted by molar-refractivity contribution is -0.125. The number of carbonyl (C=O) groups is 2. The number of benzene rings is 1. The fraction of sp³-hybridized carbons (Fsp3) is 0.350. The molecule has 6 nitrogen and oxygen atoms in total. The van der Waals surface area contributed by atoms with Crippen molar-refractivity contribution in [3.05, 3.63) is 59.8 Å². The van der Waals surface area contributed by atoms with Crippen molar-refractivity contribution in [2.45, 2.75) is 25.4 Å². The van der Waals surface area contributed by atoms with Gasteiger partial charge in [0.2, 0.25) is 5.91 Å². The second-order valence-corrected chi connectivity index (χ2v) is 6.63. The smallest absolute Gasteiger partial charge is 0.258 e. The Morgan fingerprint density at radius 2 is 1.96 bits per heavy atom. The molecule has 2 amide bonds. The second-order valence-electron chi connectivity index (χ2n) is 6.63. The molecule has 6 heteroatoms. The Hall–Kier alpha value is -2.89. The van der Waals surface area contributed by atoms with E-state index < -0.39 is 6.04 Å². The van der Waals surface area contributed by atoms with E-state index in [0.29, 0.717) is 30.9 Å². The van der Waals surface area contributed by atoms with Gasteiger partial charge in [0, 0.05) is 33.4 Å². The number of pyridine rings is 1. The molecule has 0 bridgehead atoms. The fourth-order valence-corrected chi connectivity index (χ4v) is 3.26. The molecule has 2 heterocycles. The minimum Gasteiger partial charge on any atom is -0.362 e. The Balaban J connectivity index is 1.71. The number of nitrogens with zero attached hydrogens (tertiary/aromatic N) is 3. The highest BCUT2D eigenvalue weighted by molar-refractivity contribution is 6.01. The Kier molecular flexibility index (Phi) is 5.51. The minimum absolute atomic E-state index is 0.102. The normalized spacial score (nSPS) is 16.4. The third-order valence-corrected chi connectivity index (χ3v) is 4.57. The molecular formula is C20H24N4O2. The van der Waals surface area contributed by atoms with Crippen LogP contribution in [0.15, 0.2) is 48.7 Å². The van der Waals surface area contributed by atoms with E-state index in [1.165, 1.54) is 0 Å². The Bertz CT molecular complexity index is 776. The number of nitrogens with one attached hydrogen (secondary N) is 1. The van der Waals surface area contributed by atoms with Crippen LogP contribution in [0.25, 0.3) is 0 Å². The van der Waals surface area contributed by atoms with E-state index in [0.717, 1.165) is 12.0 Å². The van der Waals surface area contributed by atoms with Crippen molar-refractivity contribution >= 4 is 17.6 Å². The highest BCUT2D eigenvalue weighted by atomic mass is 16.2. The van der Waals surface area contributed by atoms with Crippen LogP contribution in [0.1, 0.15) is 28.8 Å². The summed E-state index contributed by atoms with van der Waals surface area (Å²) in [6, 6.07) is 12.9. The van der Waals surface area contributed by atoms with Crippen LogP contribution < -0.4 is 10.2 Å². The minimum atomic E-state index is -0.429. The number of hydrogen-bond acceptors (Lipinski definition) is 4. The summed E-state index contributed by atoms with van der Waals surface area (Å²) in [5.74, 6) is 0.377. The molecule has 0 spiro atoms. The summed E-state index contributed by atoms with van der Waals surface area (Å²) in [5, 5.41) is 2.96. The lowest BCUT2D eigenvalue weighted by Crippen LogP contribution is -2.46. The highest BCUT2D eigenvalue weighted by Gasteiger charge is 2.35. The zero-order valence-corrected chi connectivity index (χ0v) is 15.2. The quantitative estimate of drug-likeness (QED) is 0.895. The topological polar surface area (TPSA) is 65.5 Å². The van der Waals surface area contributed by atoms with Crippen molar-refractivity contribution in [1.82, 2.24) is 15.2 Å². The van der Waals surface area contributed by atoms with E-state index >= 15 is 0 Å². The third-order valence-electron chi connectivity index (χ3n) is 4.57. The molecule has 136 valence electrons. The van der Waals surface area contributed by atoms with Crippen molar-refractivity contribution in [2.75, 3.05) is 25.5 Å². The zero-order valence-electron chi connectivity index (χ0n) is 15.2. The maximum Gasteiger partial charge on any atom is 0.258 e. The molecule has 1 aliphatic rings. The summed E-state index contributed by atoms with van der Waals surface area (Å²) in [7, 11) is 3.71. The standard InChI is InChI=1S/C20H24N4O2/c1-23(2)18-16(10-6-12-21-18)20(26)24-13-7-11-17(24)19(25)22-14-15-8-4-3-5-9-15/h3-6,8-10,12,17H,7,11,13-14H2,1-2H3,(H,22,25)/t17-/m1/s1. The van der Waals surface area contributed by atoms with E-state index in [1.54, 1.807) is 23.2 Å². The summed E-state index contributed by atoms with van der Waals surface area (Å²) in [6.45, 7) is 1.05. The van der Waals surface area contributed by atoms with Crippen molar-refractivity contribution in [1.29, 1.82) is 0 Å². The average Bonchev–Trinajstić information content (AvgIpc) is 3.16. The van der Waals surface area contributed by atoms with Gasteiger partial charge in [-0.15, -0.1) is 0 Å². The molecule has 1 aliphatic heterocycles. The van der Waals surface area contributed by atoms with Crippen LogP contribution in [0, 0.1) is 0 Å². The Labute approximate surface area is 153 Å². The van der Waals surface area contributed by atoms with E-state index in [1.807, 2.05) is 49.3 Å². The fourth-order valence-electron chi connectivity index (χ4n) is 3.26. The lowest BCUT2D eigenvalue weighted by atomic mass is 10.1. The van der Waals surface area contributed by atoms with Gasteiger partial charge >= 0.3 is 0 Å². The molecule has 1 saturated heterocycles. The molecule has 1 atom stereocenters. The molecule has 0 radical (unpaired) electrons. The first kappa shape index (κ1) is 17.9. The Morgan fingerprint density at radius 3 is 2.69 bits per heavy atom. The molecule has 2 aromatic rings. The summed E-state index contributed by atoms with van der Waals surface area (Å²) < 4.78 is 0. The van der Waals surface area contributed by atoms with Gasteiger partial charge in [-0.05, 0) is 30.5 Å². The predicted octanol–water partition coefficient (Wildman–Crippen LogP) is 2.07. The van der Waals surface area contributed by atoms with E-state index in [-0.39, 0.29) is 11.8 Å². The molecule has 1 fully saturated rings. The highest BCUT2D eigenvalue weighted by Crippen LogP contribution is 2.24. The first-order valence-corrected chi connectivity index (χ1v) is 8.83. The van der Waals surface area contributed by atoms with Gasteiger partial charge in [0.05, 0.1) is 5.56 Å². The average molecular weight is 352 g/mol. The van der Waals surface area contributed by atoms with Gasteiger partial charge in [0.25, 0.3) is 5.91 Å². The Morgan fingerprint density at radius 1 is 1.19 bits per heavy atom. The zero-order chi connectivity index (χ0) is 18.5. The molecular weight excluding hydrogens is 328 g/mol. The second kappa shape index (κ2) is 7.99. The SMILES string of the molecule is CN(C)c1ncccc1C(=O)N1CCC[C@@H]1C(=O)NCc1ccccc1. The molecule has 0 aliphatic carbocycles. The predicted molar refractivity (Wildman–Crippen MR) is 101 cm³/mol. The third kappa shape index (κ3) is 3.85. The van der Waals surface area contributed by atoms with Crippen LogP contribution in [-0.2, 0) is 11.3 Å². The van der Waals surface area contributed by atoms with Crippen molar-refractivity contribution < 1.29 is 9.59 Å². The summed E-state index contributed by atoms with van der Waals surface area (Å²) >= 11 is 0. The molecule has 26 heavy (non-hydrogen) atoms. The maximum atomic E-state index is 13.0. The van der Waals surface area contributed by atoms with Crippen molar-refractivity contribution in [2.24, 2.45) is 0 Å².